The van der Waals surface area contributed by atoms with Gasteiger partial charge < -0.3 is 9.88 Å². The van der Waals surface area contributed by atoms with Crippen LogP contribution in [0.4, 0.5) is 5.95 Å². The maximum Gasteiger partial charge on any atom is 0.203 e. The molecule has 2 aromatic rings. The van der Waals surface area contributed by atoms with E-state index in [2.05, 4.69) is 52.8 Å². The van der Waals surface area contributed by atoms with E-state index < -0.39 is 0 Å². The van der Waals surface area contributed by atoms with Gasteiger partial charge in [0.2, 0.25) is 5.95 Å². The van der Waals surface area contributed by atoms with E-state index in [1.165, 1.54) is 4.88 Å². The molecule has 0 fully saturated rings. The molecule has 0 saturated carbocycles. The van der Waals surface area contributed by atoms with Crippen LogP contribution in [0, 0.1) is 0 Å². The molecule has 0 aliphatic carbocycles. The van der Waals surface area contributed by atoms with Crippen LogP contribution in [0.1, 0.15) is 18.7 Å². The number of aromatic nitrogens is 2. The fourth-order valence-corrected chi connectivity index (χ4v) is 2.78. The first-order valence-electron chi connectivity index (χ1n) is 6.03. The Labute approximate surface area is 112 Å². The van der Waals surface area contributed by atoms with Crippen LogP contribution >= 0.6 is 11.3 Å². The number of hydrogen-bond donors (Lipinski definition) is 1. The number of nitrogens with zero attached hydrogens (tertiary/aromatic N) is 2. The molecule has 18 heavy (non-hydrogen) atoms. The maximum atomic E-state index is 4.33. The van der Waals surface area contributed by atoms with Crippen molar-refractivity contribution >= 4 is 17.3 Å². The van der Waals surface area contributed by atoms with Gasteiger partial charge in [-0.2, -0.15) is 0 Å². The molecule has 1 N–H and O–H groups in total. The zero-order chi connectivity index (χ0) is 13.0. The van der Waals surface area contributed by atoms with Gasteiger partial charge in [0.15, 0.2) is 0 Å². The van der Waals surface area contributed by atoms with E-state index >= 15 is 0 Å². The van der Waals surface area contributed by atoms with Crippen LogP contribution in [0.25, 0.3) is 0 Å². The second kappa shape index (κ2) is 5.40. The Morgan fingerprint density at radius 2 is 2.39 bits per heavy atom. The minimum atomic E-state index is 0.111. The van der Waals surface area contributed by atoms with Gasteiger partial charge in [0.25, 0.3) is 0 Å². The molecule has 0 amide bonds. The van der Waals surface area contributed by atoms with E-state index in [1.807, 2.05) is 18.5 Å². The fraction of sp³-hybridized carbons (Fsp3) is 0.357. The lowest BCUT2D eigenvalue weighted by atomic mass is 9.91. The highest BCUT2D eigenvalue weighted by Crippen LogP contribution is 2.29. The predicted octanol–water partition coefficient (Wildman–Crippen LogP) is 3.52. The van der Waals surface area contributed by atoms with E-state index in [0.717, 1.165) is 19.0 Å². The number of anilines is 1. The Morgan fingerprint density at radius 1 is 1.56 bits per heavy atom. The molecule has 0 aliphatic heterocycles. The third-order valence-corrected chi connectivity index (χ3v) is 4.11. The fourth-order valence-electron chi connectivity index (χ4n) is 1.93. The monoisotopic (exact) mass is 261 g/mol. The van der Waals surface area contributed by atoms with Gasteiger partial charge >= 0.3 is 0 Å². The van der Waals surface area contributed by atoms with Crippen molar-refractivity contribution in [1.82, 2.24) is 9.55 Å². The third kappa shape index (κ3) is 2.82. The third-order valence-electron chi connectivity index (χ3n) is 2.87. The zero-order valence-corrected chi connectivity index (χ0v) is 11.7. The normalized spacial score (nSPS) is 11.4. The minimum absolute atomic E-state index is 0.111. The van der Waals surface area contributed by atoms with Crippen molar-refractivity contribution in [3.63, 3.8) is 0 Å². The molecule has 0 aliphatic rings. The first-order valence-corrected chi connectivity index (χ1v) is 6.91. The summed E-state index contributed by atoms with van der Waals surface area (Å²) in [5.74, 6) is 0.902. The number of imidazole rings is 1. The van der Waals surface area contributed by atoms with Crippen LogP contribution in [0.15, 0.2) is 42.6 Å². The van der Waals surface area contributed by atoms with E-state index in [4.69, 9.17) is 0 Å². The summed E-state index contributed by atoms with van der Waals surface area (Å²) >= 11 is 1.81. The van der Waals surface area contributed by atoms with Crippen molar-refractivity contribution in [2.24, 2.45) is 0 Å². The highest BCUT2D eigenvalue weighted by Gasteiger charge is 2.23. The molecule has 4 heteroatoms. The quantitative estimate of drug-likeness (QED) is 0.806. The van der Waals surface area contributed by atoms with Crippen molar-refractivity contribution in [1.29, 1.82) is 0 Å². The van der Waals surface area contributed by atoms with Crippen LogP contribution in [-0.2, 0) is 12.0 Å². The number of thiophene rings is 1. The smallest absolute Gasteiger partial charge is 0.203 e. The topological polar surface area (TPSA) is 29.9 Å². The number of rotatable bonds is 6. The molecule has 0 bridgehead atoms. The molecule has 0 atom stereocenters. The average molecular weight is 261 g/mol. The van der Waals surface area contributed by atoms with Gasteiger partial charge in [0.1, 0.15) is 0 Å². The van der Waals surface area contributed by atoms with Gasteiger partial charge in [0, 0.05) is 35.8 Å². The molecule has 2 heterocycles. The van der Waals surface area contributed by atoms with E-state index in [9.17, 15) is 0 Å². The summed E-state index contributed by atoms with van der Waals surface area (Å²) < 4.78 is 2.16. The summed E-state index contributed by atoms with van der Waals surface area (Å²) in [6.45, 7) is 9.87. The number of nitrogens with one attached hydrogen (secondary N) is 1. The van der Waals surface area contributed by atoms with Gasteiger partial charge in [0.05, 0.1) is 0 Å². The summed E-state index contributed by atoms with van der Waals surface area (Å²) in [5, 5.41) is 5.37. The summed E-state index contributed by atoms with van der Waals surface area (Å²) in [7, 11) is 0. The maximum absolute atomic E-state index is 4.33. The highest BCUT2D eigenvalue weighted by atomic mass is 32.1. The minimum Gasteiger partial charge on any atom is -0.352 e. The lowest BCUT2D eigenvalue weighted by molar-refractivity contribution is 0.445. The molecule has 0 spiro atoms. The van der Waals surface area contributed by atoms with Gasteiger partial charge in [-0.15, -0.1) is 17.9 Å². The van der Waals surface area contributed by atoms with Crippen LogP contribution in [-0.4, -0.2) is 16.1 Å². The van der Waals surface area contributed by atoms with Crippen LogP contribution in [0.2, 0.25) is 0 Å². The standard InChI is InChI=1S/C14H19N3S/c1-4-7-15-13-16-8-9-17(13)11-14(2,3)12-6-5-10-18-12/h4-6,8-10H,1,7,11H2,2-3H3,(H,15,16). The Kier molecular flexibility index (Phi) is 3.87. The molecule has 0 aromatic carbocycles. The lowest BCUT2D eigenvalue weighted by Gasteiger charge is -2.24. The Hall–Kier alpha value is -1.55. The summed E-state index contributed by atoms with van der Waals surface area (Å²) in [6, 6.07) is 4.30. The Balaban J connectivity index is 2.13. The average Bonchev–Trinajstić information content (AvgIpc) is 2.97. The highest BCUT2D eigenvalue weighted by molar-refractivity contribution is 7.10. The van der Waals surface area contributed by atoms with Crippen molar-refractivity contribution in [3.05, 3.63) is 47.4 Å². The second-order valence-corrected chi connectivity index (χ2v) is 5.86. The molecule has 2 aromatic heterocycles. The lowest BCUT2D eigenvalue weighted by Crippen LogP contribution is -2.24. The second-order valence-electron chi connectivity index (χ2n) is 4.91. The van der Waals surface area contributed by atoms with E-state index in [-0.39, 0.29) is 5.41 Å². The Morgan fingerprint density at radius 3 is 3.06 bits per heavy atom. The molecule has 0 unspecified atom stereocenters. The van der Waals surface area contributed by atoms with Gasteiger partial charge in [-0.25, -0.2) is 4.98 Å². The van der Waals surface area contributed by atoms with Gasteiger partial charge in [-0.05, 0) is 11.4 Å². The van der Waals surface area contributed by atoms with E-state index in [1.54, 1.807) is 11.3 Å². The molecule has 0 radical (unpaired) electrons. The summed E-state index contributed by atoms with van der Waals surface area (Å²) in [6.07, 6.45) is 5.68. The SMILES string of the molecule is C=CCNc1nccn1CC(C)(C)c1cccs1. The van der Waals surface area contributed by atoms with Gasteiger partial charge in [-0.3, -0.25) is 0 Å². The molecule has 3 nitrogen and oxygen atoms in total. The van der Waals surface area contributed by atoms with Crippen molar-refractivity contribution in [2.45, 2.75) is 25.8 Å². The van der Waals surface area contributed by atoms with Crippen LogP contribution < -0.4 is 5.32 Å². The number of hydrogen-bond acceptors (Lipinski definition) is 3. The molecular weight excluding hydrogens is 242 g/mol. The molecule has 0 saturated heterocycles. The first kappa shape index (κ1) is 12.9. The Bertz CT molecular complexity index is 497. The zero-order valence-electron chi connectivity index (χ0n) is 10.9. The molecule has 2 rings (SSSR count). The predicted molar refractivity (Wildman–Crippen MR) is 78.3 cm³/mol. The van der Waals surface area contributed by atoms with Crippen LogP contribution in [0.3, 0.4) is 0 Å². The first-order chi connectivity index (χ1) is 8.63. The van der Waals surface area contributed by atoms with Crippen molar-refractivity contribution in [2.75, 3.05) is 11.9 Å². The van der Waals surface area contributed by atoms with Crippen LogP contribution in [0.5, 0.6) is 0 Å². The van der Waals surface area contributed by atoms with Crippen molar-refractivity contribution < 1.29 is 0 Å². The van der Waals surface area contributed by atoms with Crippen molar-refractivity contribution in [3.8, 4) is 0 Å². The van der Waals surface area contributed by atoms with E-state index in [0.29, 0.717) is 0 Å². The molecular formula is C14H19N3S. The largest absolute Gasteiger partial charge is 0.352 e. The van der Waals surface area contributed by atoms with Gasteiger partial charge in [-0.1, -0.05) is 26.0 Å². The molecule has 96 valence electrons. The summed E-state index contributed by atoms with van der Waals surface area (Å²) in [5.41, 5.74) is 0.111. The summed E-state index contributed by atoms with van der Waals surface area (Å²) in [4.78, 5) is 5.72.